The van der Waals surface area contributed by atoms with Crippen LogP contribution in [0.2, 0.25) is 0 Å². The second kappa shape index (κ2) is 10.1. The van der Waals surface area contributed by atoms with Crippen molar-refractivity contribution in [3.05, 3.63) is 53.1 Å². The lowest BCUT2D eigenvalue weighted by Crippen LogP contribution is -2.34. The van der Waals surface area contributed by atoms with E-state index in [0.29, 0.717) is 35.5 Å². The van der Waals surface area contributed by atoms with Gasteiger partial charge in [0.15, 0.2) is 6.29 Å². The van der Waals surface area contributed by atoms with Gasteiger partial charge in [0, 0.05) is 24.3 Å². The summed E-state index contributed by atoms with van der Waals surface area (Å²) in [5, 5.41) is 23.2. The molecule has 1 unspecified atom stereocenters. The van der Waals surface area contributed by atoms with E-state index in [0.717, 1.165) is 16.7 Å². The van der Waals surface area contributed by atoms with Crippen molar-refractivity contribution >= 4 is 10.0 Å². The fraction of sp³-hybridized carbons (Fsp3) is 0.375. The van der Waals surface area contributed by atoms with Crippen molar-refractivity contribution in [1.82, 2.24) is 14.9 Å². The molecular weight excluding hydrogens is 472 g/mol. The summed E-state index contributed by atoms with van der Waals surface area (Å²) in [6.45, 7) is 3.77. The van der Waals surface area contributed by atoms with Crippen molar-refractivity contribution < 1.29 is 27.5 Å². The van der Waals surface area contributed by atoms with E-state index < -0.39 is 28.1 Å². The highest BCUT2D eigenvalue weighted by Crippen LogP contribution is 2.38. The molecule has 2 aromatic carbocycles. The van der Waals surface area contributed by atoms with Crippen LogP contribution in [-0.2, 0) is 21.2 Å². The predicted molar refractivity (Wildman–Crippen MR) is 127 cm³/mol. The van der Waals surface area contributed by atoms with Gasteiger partial charge in [-0.25, -0.2) is 13.1 Å². The highest BCUT2D eigenvalue weighted by Gasteiger charge is 2.30. The minimum absolute atomic E-state index is 0.0681. The first-order valence-corrected chi connectivity index (χ1v) is 12.7. The highest BCUT2D eigenvalue weighted by molar-refractivity contribution is 7.89. The normalized spacial score (nSPS) is 16.2. The molecule has 2 atom stereocenters. The lowest BCUT2D eigenvalue weighted by atomic mass is 10.0. The summed E-state index contributed by atoms with van der Waals surface area (Å²) >= 11 is 0. The molecule has 0 fully saturated rings. The number of aliphatic hydroxyl groups is 1. The summed E-state index contributed by atoms with van der Waals surface area (Å²) < 4.78 is 43.2. The minimum atomic E-state index is -3.76. The van der Waals surface area contributed by atoms with Crippen LogP contribution in [0.3, 0.4) is 0 Å². The molecule has 1 heterocycles. The number of nitriles is 1. The monoisotopic (exact) mass is 498 g/mol. The molecule has 35 heavy (non-hydrogen) atoms. The molecule has 0 aliphatic heterocycles. The van der Waals surface area contributed by atoms with Crippen molar-refractivity contribution in [1.29, 1.82) is 5.26 Å². The molecule has 10 nitrogen and oxygen atoms in total. The van der Waals surface area contributed by atoms with Gasteiger partial charge >= 0.3 is 0 Å². The number of aliphatic hydroxyl groups excluding tert-OH is 1. The van der Waals surface area contributed by atoms with Gasteiger partial charge in [0.1, 0.15) is 17.6 Å². The molecule has 1 aliphatic rings. The number of sulfonamides is 1. The second-order valence-corrected chi connectivity index (χ2v) is 10.3. The van der Waals surface area contributed by atoms with E-state index in [9.17, 15) is 18.8 Å². The van der Waals surface area contributed by atoms with Crippen LogP contribution in [0.5, 0.6) is 5.75 Å². The number of nitrogens with zero attached hydrogens (tertiary/aromatic N) is 3. The zero-order chi connectivity index (χ0) is 25.2. The Morgan fingerprint density at radius 3 is 2.83 bits per heavy atom. The molecule has 0 saturated heterocycles. The van der Waals surface area contributed by atoms with Crippen LogP contribution in [-0.4, -0.2) is 48.9 Å². The number of rotatable bonds is 9. The van der Waals surface area contributed by atoms with Gasteiger partial charge in [-0.05, 0) is 56.0 Å². The molecule has 0 radical (unpaired) electrons. The second-order valence-electron chi connectivity index (χ2n) is 8.47. The highest BCUT2D eigenvalue weighted by atomic mass is 32.2. The van der Waals surface area contributed by atoms with Crippen molar-refractivity contribution in [3.63, 3.8) is 0 Å². The molecule has 0 saturated carbocycles. The molecule has 0 amide bonds. The fourth-order valence-corrected chi connectivity index (χ4v) is 5.35. The summed E-state index contributed by atoms with van der Waals surface area (Å²) in [6.07, 6.45) is -0.288. The first-order valence-electron chi connectivity index (χ1n) is 11.1. The SMILES string of the molecule is COC(O)CS(=O)(=O)N[C@@H]1CCc2c(-c3noc(-c4ccc(OC(C)C)c(C#N)c4)n3)cccc21. The van der Waals surface area contributed by atoms with E-state index >= 15 is 0 Å². The zero-order valence-corrected chi connectivity index (χ0v) is 20.4. The molecule has 0 bridgehead atoms. The minimum Gasteiger partial charge on any atom is -0.490 e. The van der Waals surface area contributed by atoms with Gasteiger partial charge in [-0.1, -0.05) is 23.4 Å². The summed E-state index contributed by atoms with van der Waals surface area (Å²) in [4.78, 5) is 4.53. The van der Waals surface area contributed by atoms with Gasteiger partial charge in [0.2, 0.25) is 15.8 Å². The number of nitrogens with one attached hydrogen (secondary N) is 1. The molecule has 0 spiro atoms. The number of aromatic nitrogens is 2. The quantitative estimate of drug-likeness (QED) is 0.425. The van der Waals surface area contributed by atoms with E-state index in [1.807, 2.05) is 32.0 Å². The van der Waals surface area contributed by atoms with Crippen molar-refractivity contribution in [2.75, 3.05) is 12.9 Å². The molecule has 1 aromatic heterocycles. The van der Waals surface area contributed by atoms with Gasteiger partial charge in [0.05, 0.1) is 11.7 Å². The Balaban J connectivity index is 1.59. The summed E-state index contributed by atoms with van der Waals surface area (Å²) in [5.74, 6) is 0.568. The number of benzene rings is 2. The third kappa shape index (κ3) is 5.52. The summed E-state index contributed by atoms with van der Waals surface area (Å²) in [7, 11) is -2.52. The van der Waals surface area contributed by atoms with Gasteiger partial charge in [-0.15, -0.1) is 0 Å². The molecule has 1 aliphatic carbocycles. The smallest absolute Gasteiger partial charge is 0.258 e. The largest absolute Gasteiger partial charge is 0.490 e. The Morgan fingerprint density at radius 1 is 1.31 bits per heavy atom. The van der Waals surface area contributed by atoms with Gasteiger partial charge in [-0.2, -0.15) is 10.2 Å². The van der Waals surface area contributed by atoms with Gasteiger partial charge < -0.3 is 19.1 Å². The predicted octanol–water partition coefficient (Wildman–Crippen LogP) is 2.93. The number of methoxy groups -OCH3 is 1. The Morgan fingerprint density at radius 2 is 2.11 bits per heavy atom. The van der Waals surface area contributed by atoms with Crippen molar-refractivity contribution in [3.8, 4) is 34.7 Å². The zero-order valence-electron chi connectivity index (χ0n) is 19.6. The van der Waals surface area contributed by atoms with E-state index in [1.165, 1.54) is 7.11 Å². The van der Waals surface area contributed by atoms with E-state index in [2.05, 4.69) is 25.7 Å². The Kier molecular flexibility index (Phi) is 7.18. The fourth-order valence-electron chi connectivity index (χ4n) is 4.06. The van der Waals surface area contributed by atoms with Crippen LogP contribution in [0.1, 0.15) is 43.0 Å². The molecule has 11 heteroatoms. The third-order valence-electron chi connectivity index (χ3n) is 5.60. The van der Waals surface area contributed by atoms with E-state index in [-0.39, 0.29) is 12.0 Å². The standard InChI is InChI=1S/C24H26N4O6S/c1-14(2)33-21-10-7-15(11-16(21)12-25)24-26-23(27-34-24)19-6-4-5-18-17(19)8-9-20(18)28-35(30,31)13-22(29)32-3/h4-7,10-11,14,20,22,28-29H,8-9,13H2,1-3H3/t20-,22?/m1/s1. The van der Waals surface area contributed by atoms with E-state index in [4.69, 9.17) is 9.26 Å². The lowest BCUT2D eigenvalue weighted by molar-refractivity contribution is -0.0558. The van der Waals surface area contributed by atoms with Crippen LogP contribution >= 0.6 is 0 Å². The average molecular weight is 499 g/mol. The maximum absolute atomic E-state index is 12.4. The van der Waals surface area contributed by atoms with Gasteiger partial charge in [-0.3, -0.25) is 0 Å². The van der Waals surface area contributed by atoms with Crippen LogP contribution in [0, 0.1) is 11.3 Å². The Bertz CT molecular complexity index is 1360. The van der Waals surface area contributed by atoms with Gasteiger partial charge in [0.25, 0.3) is 5.89 Å². The Labute approximate surface area is 203 Å². The number of ether oxygens (including phenoxy) is 2. The topological polar surface area (TPSA) is 148 Å². The molecule has 2 N–H and O–H groups in total. The van der Waals surface area contributed by atoms with Crippen LogP contribution in [0.4, 0.5) is 0 Å². The van der Waals surface area contributed by atoms with Crippen LogP contribution < -0.4 is 9.46 Å². The maximum Gasteiger partial charge on any atom is 0.258 e. The first-order chi connectivity index (χ1) is 16.7. The molecular formula is C24H26N4O6S. The lowest BCUT2D eigenvalue weighted by Gasteiger charge is -2.16. The number of fused-ring (bicyclic) bond motifs is 1. The average Bonchev–Trinajstić information content (AvgIpc) is 3.46. The van der Waals surface area contributed by atoms with Crippen molar-refractivity contribution in [2.24, 2.45) is 0 Å². The molecule has 184 valence electrons. The first kappa shape index (κ1) is 24.8. The van der Waals surface area contributed by atoms with Crippen LogP contribution in [0.15, 0.2) is 40.9 Å². The third-order valence-corrected chi connectivity index (χ3v) is 6.97. The Hall–Kier alpha value is -3.30. The maximum atomic E-state index is 12.4. The molecule has 3 aromatic rings. The van der Waals surface area contributed by atoms with Crippen molar-refractivity contribution in [2.45, 2.75) is 45.1 Å². The number of hydrogen-bond donors (Lipinski definition) is 2. The van der Waals surface area contributed by atoms with E-state index in [1.54, 1.807) is 18.2 Å². The van der Waals surface area contributed by atoms with Crippen LogP contribution in [0.25, 0.3) is 22.8 Å². The number of hydrogen-bond acceptors (Lipinski definition) is 9. The summed E-state index contributed by atoms with van der Waals surface area (Å²) in [6, 6.07) is 12.3. The summed E-state index contributed by atoms with van der Waals surface area (Å²) in [5.41, 5.74) is 3.46. The molecule has 4 rings (SSSR count).